The van der Waals surface area contributed by atoms with Gasteiger partial charge in [-0.1, -0.05) is 30.3 Å². The number of benzene rings is 2. The van der Waals surface area contributed by atoms with Crippen LogP contribution in [-0.2, 0) is 9.53 Å². The number of methoxy groups -OCH3 is 1. The van der Waals surface area contributed by atoms with Crippen LogP contribution in [0, 0.1) is 12.7 Å². The summed E-state index contributed by atoms with van der Waals surface area (Å²) in [6.07, 6.45) is -0.848. The maximum Gasteiger partial charge on any atom is 0.258 e. The molecule has 25 heavy (non-hydrogen) atoms. The minimum absolute atomic E-state index is 0.0235. The molecule has 0 saturated heterocycles. The average Bonchev–Trinajstić information content (AvgIpc) is 3.04. The van der Waals surface area contributed by atoms with E-state index in [0.717, 1.165) is 0 Å². The summed E-state index contributed by atoms with van der Waals surface area (Å²) in [5.41, 5.74) is 1.23. The van der Waals surface area contributed by atoms with Crippen molar-refractivity contribution in [2.24, 2.45) is 0 Å². The standard InChI is InChI=1S/C17H16FN5O2/c1-11-20-21-22-23(11)13-8-9-14(18)15(10-13)19-17(24)16(25-2)12-6-4-3-5-7-12/h3-10,16H,1-2H3,(H,19,24). The van der Waals surface area contributed by atoms with Crippen LogP contribution in [0.15, 0.2) is 48.5 Å². The molecule has 0 aliphatic carbocycles. The molecule has 128 valence electrons. The van der Waals surface area contributed by atoms with Crippen LogP contribution in [0.2, 0.25) is 0 Å². The average molecular weight is 341 g/mol. The summed E-state index contributed by atoms with van der Waals surface area (Å²) >= 11 is 0. The molecule has 8 heteroatoms. The highest BCUT2D eigenvalue weighted by atomic mass is 19.1. The molecular weight excluding hydrogens is 325 g/mol. The fourth-order valence-corrected chi connectivity index (χ4v) is 2.43. The molecule has 1 aromatic heterocycles. The van der Waals surface area contributed by atoms with Crippen molar-refractivity contribution in [1.82, 2.24) is 20.2 Å². The highest BCUT2D eigenvalue weighted by Crippen LogP contribution is 2.23. The van der Waals surface area contributed by atoms with Gasteiger partial charge in [-0.2, -0.15) is 4.68 Å². The first kappa shape index (κ1) is 16.7. The molecule has 0 aliphatic rings. The lowest BCUT2D eigenvalue weighted by Gasteiger charge is -2.16. The Balaban J connectivity index is 1.87. The molecule has 3 rings (SSSR count). The van der Waals surface area contributed by atoms with Crippen LogP contribution in [0.25, 0.3) is 5.69 Å². The molecule has 1 unspecified atom stereocenters. The van der Waals surface area contributed by atoms with Crippen molar-refractivity contribution in [2.75, 3.05) is 12.4 Å². The molecule has 0 saturated carbocycles. The summed E-state index contributed by atoms with van der Waals surface area (Å²) < 4.78 is 20.8. The zero-order chi connectivity index (χ0) is 17.8. The zero-order valence-electron chi connectivity index (χ0n) is 13.7. The van der Waals surface area contributed by atoms with E-state index in [2.05, 4.69) is 20.8 Å². The summed E-state index contributed by atoms with van der Waals surface area (Å²) in [6.45, 7) is 1.72. The van der Waals surface area contributed by atoms with Crippen LogP contribution in [0.4, 0.5) is 10.1 Å². The molecule has 0 radical (unpaired) electrons. The van der Waals surface area contributed by atoms with Crippen LogP contribution < -0.4 is 5.32 Å². The van der Waals surface area contributed by atoms with Gasteiger partial charge in [0.25, 0.3) is 5.91 Å². The molecule has 1 amide bonds. The smallest absolute Gasteiger partial charge is 0.258 e. The van der Waals surface area contributed by atoms with Gasteiger partial charge in [-0.25, -0.2) is 4.39 Å². The summed E-state index contributed by atoms with van der Waals surface area (Å²) in [7, 11) is 1.43. The predicted molar refractivity (Wildman–Crippen MR) is 88.7 cm³/mol. The number of aryl methyl sites for hydroxylation is 1. The van der Waals surface area contributed by atoms with Crippen molar-refractivity contribution >= 4 is 11.6 Å². The minimum Gasteiger partial charge on any atom is -0.367 e. The van der Waals surface area contributed by atoms with E-state index in [9.17, 15) is 9.18 Å². The first-order valence-corrected chi connectivity index (χ1v) is 7.53. The number of aromatic nitrogens is 4. The molecule has 0 spiro atoms. The van der Waals surface area contributed by atoms with E-state index in [-0.39, 0.29) is 5.69 Å². The number of anilines is 1. The number of halogens is 1. The molecular formula is C17H16FN5O2. The first-order valence-electron chi connectivity index (χ1n) is 7.53. The SMILES string of the molecule is COC(C(=O)Nc1cc(-n2nnnc2C)ccc1F)c1ccccc1. The predicted octanol–water partition coefficient (Wildman–Crippen LogP) is 2.44. The lowest BCUT2D eigenvalue weighted by Crippen LogP contribution is -2.23. The van der Waals surface area contributed by atoms with Gasteiger partial charge in [0.05, 0.1) is 11.4 Å². The number of carbonyl (C=O) groups excluding carboxylic acids is 1. The molecule has 3 aromatic rings. The summed E-state index contributed by atoms with van der Waals surface area (Å²) in [5, 5.41) is 13.7. The Kier molecular flexibility index (Phi) is 4.80. The number of rotatable bonds is 5. The van der Waals surface area contributed by atoms with Crippen LogP contribution in [-0.4, -0.2) is 33.2 Å². The number of amides is 1. The number of nitrogens with one attached hydrogen (secondary N) is 1. The number of hydrogen-bond donors (Lipinski definition) is 1. The van der Waals surface area contributed by atoms with E-state index in [1.165, 1.54) is 30.0 Å². The summed E-state index contributed by atoms with van der Waals surface area (Å²) in [5.74, 6) is -0.494. The Morgan fingerprint density at radius 2 is 2.00 bits per heavy atom. The van der Waals surface area contributed by atoms with E-state index in [4.69, 9.17) is 4.74 Å². The number of hydrogen-bond acceptors (Lipinski definition) is 5. The van der Waals surface area contributed by atoms with Crippen molar-refractivity contribution in [2.45, 2.75) is 13.0 Å². The third kappa shape index (κ3) is 3.53. The maximum atomic E-state index is 14.1. The Labute approximate surface area is 143 Å². The van der Waals surface area contributed by atoms with Crippen LogP contribution >= 0.6 is 0 Å². The zero-order valence-corrected chi connectivity index (χ0v) is 13.7. The number of tetrazole rings is 1. The first-order chi connectivity index (χ1) is 12.1. The van der Waals surface area contributed by atoms with Gasteiger partial charge in [0.1, 0.15) is 5.82 Å². The third-order valence-electron chi connectivity index (χ3n) is 3.65. The molecule has 2 aromatic carbocycles. The Morgan fingerprint density at radius 3 is 2.64 bits per heavy atom. The van der Waals surface area contributed by atoms with E-state index >= 15 is 0 Å². The third-order valence-corrected chi connectivity index (χ3v) is 3.65. The second-order valence-electron chi connectivity index (χ2n) is 5.32. The monoisotopic (exact) mass is 341 g/mol. The molecule has 7 nitrogen and oxygen atoms in total. The molecule has 0 bridgehead atoms. The van der Waals surface area contributed by atoms with Gasteiger partial charge in [-0.05, 0) is 41.1 Å². The van der Waals surface area contributed by atoms with Gasteiger partial charge >= 0.3 is 0 Å². The molecule has 0 fully saturated rings. The molecule has 1 atom stereocenters. The van der Waals surface area contributed by atoms with Crippen molar-refractivity contribution in [3.05, 3.63) is 65.7 Å². The van der Waals surface area contributed by atoms with Gasteiger partial charge in [-0.3, -0.25) is 4.79 Å². The largest absolute Gasteiger partial charge is 0.367 e. The fraction of sp³-hybridized carbons (Fsp3) is 0.176. The lowest BCUT2D eigenvalue weighted by atomic mass is 10.1. The topological polar surface area (TPSA) is 81.9 Å². The maximum absolute atomic E-state index is 14.1. The highest BCUT2D eigenvalue weighted by Gasteiger charge is 2.21. The van der Waals surface area contributed by atoms with Gasteiger partial charge in [0, 0.05) is 7.11 Å². The van der Waals surface area contributed by atoms with Crippen molar-refractivity contribution in [3.63, 3.8) is 0 Å². The quantitative estimate of drug-likeness (QED) is 0.771. The van der Waals surface area contributed by atoms with E-state index in [1.807, 2.05) is 6.07 Å². The summed E-state index contributed by atoms with van der Waals surface area (Å²) in [4.78, 5) is 12.5. The Bertz CT molecular complexity index is 882. The van der Waals surface area contributed by atoms with Crippen molar-refractivity contribution < 1.29 is 13.9 Å². The fourth-order valence-electron chi connectivity index (χ4n) is 2.43. The summed E-state index contributed by atoms with van der Waals surface area (Å²) in [6, 6.07) is 13.2. The number of nitrogens with zero attached hydrogens (tertiary/aromatic N) is 4. The van der Waals surface area contributed by atoms with E-state index < -0.39 is 17.8 Å². The molecule has 1 heterocycles. The molecule has 1 N–H and O–H groups in total. The van der Waals surface area contributed by atoms with Gasteiger partial charge in [-0.15, -0.1) is 5.10 Å². The van der Waals surface area contributed by atoms with Crippen molar-refractivity contribution in [3.8, 4) is 5.69 Å². The highest BCUT2D eigenvalue weighted by molar-refractivity contribution is 5.95. The second kappa shape index (κ2) is 7.18. The number of ether oxygens (including phenoxy) is 1. The van der Waals surface area contributed by atoms with Crippen LogP contribution in [0.5, 0.6) is 0 Å². The van der Waals surface area contributed by atoms with Gasteiger partial charge < -0.3 is 10.1 Å². The lowest BCUT2D eigenvalue weighted by molar-refractivity contribution is -0.126. The van der Waals surface area contributed by atoms with E-state index in [0.29, 0.717) is 17.1 Å². The minimum atomic E-state index is -0.848. The Morgan fingerprint density at radius 1 is 1.24 bits per heavy atom. The van der Waals surface area contributed by atoms with Crippen molar-refractivity contribution in [1.29, 1.82) is 0 Å². The Hall–Kier alpha value is -3.13. The second-order valence-corrected chi connectivity index (χ2v) is 5.32. The normalized spacial score (nSPS) is 12.0. The van der Waals surface area contributed by atoms with Crippen LogP contribution in [0.1, 0.15) is 17.5 Å². The molecule has 0 aliphatic heterocycles. The van der Waals surface area contributed by atoms with Crippen LogP contribution in [0.3, 0.4) is 0 Å². The van der Waals surface area contributed by atoms with E-state index in [1.54, 1.807) is 31.2 Å². The number of carbonyl (C=O) groups is 1. The van der Waals surface area contributed by atoms with Gasteiger partial charge in [0.2, 0.25) is 0 Å². The van der Waals surface area contributed by atoms with Gasteiger partial charge in [0.15, 0.2) is 11.9 Å².